The molecule has 1 fully saturated rings. The third-order valence-electron chi connectivity index (χ3n) is 3.47. The number of anilines is 1. The first-order valence-electron chi connectivity index (χ1n) is 6.91. The van der Waals surface area contributed by atoms with Gasteiger partial charge in [0.15, 0.2) is 0 Å². The molecule has 0 aromatic carbocycles. The molecular formula is C14H22N4O. The van der Waals surface area contributed by atoms with E-state index >= 15 is 0 Å². The van der Waals surface area contributed by atoms with Crippen LogP contribution in [0.5, 0.6) is 0 Å². The summed E-state index contributed by atoms with van der Waals surface area (Å²) in [5, 5.41) is 6.01. The first kappa shape index (κ1) is 13.8. The monoisotopic (exact) mass is 262 g/mol. The third kappa shape index (κ3) is 3.23. The number of carbonyl (C=O) groups is 1. The van der Waals surface area contributed by atoms with Crippen LogP contribution in [0.15, 0.2) is 18.3 Å². The molecule has 1 saturated heterocycles. The van der Waals surface area contributed by atoms with Crippen molar-refractivity contribution in [2.24, 2.45) is 0 Å². The van der Waals surface area contributed by atoms with E-state index in [1.54, 1.807) is 13.2 Å². The predicted octanol–water partition coefficient (Wildman–Crippen LogP) is 1.02. The number of pyridine rings is 1. The van der Waals surface area contributed by atoms with E-state index in [1.165, 1.54) is 0 Å². The molecule has 1 aromatic heterocycles. The quantitative estimate of drug-likeness (QED) is 0.832. The molecule has 104 valence electrons. The van der Waals surface area contributed by atoms with E-state index in [1.807, 2.05) is 12.1 Å². The molecule has 1 atom stereocenters. The number of nitrogens with zero attached hydrogens (tertiary/aromatic N) is 2. The van der Waals surface area contributed by atoms with Crippen molar-refractivity contribution in [2.75, 3.05) is 31.6 Å². The number of rotatable bonds is 5. The van der Waals surface area contributed by atoms with Crippen LogP contribution in [0, 0.1) is 0 Å². The summed E-state index contributed by atoms with van der Waals surface area (Å²) in [6.07, 6.45) is 3.96. The van der Waals surface area contributed by atoms with Crippen molar-refractivity contribution in [3.05, 3.63) is 24.0 Å². The number of aromatic nitrogens is 1. The Hall–Kier alpha value is -1.62. The predicted molar refractivity (Wildman–Crippen MR) is 76.5 cm³/mol. The van der Waals surface area contributed by atoms with Gasteiger partial charge >= 0.3 is 0 Å². The maximum Gasteiger partial charge on any atom is 0.269 e. The van der Waals surface area contributed by atoms with Gasteiger partial charge in [0.1, 0.15) is 5.69 Å². The van der Waals surface area contributed by atoms with Crippen LogP contribution >= 0.6 is 0 Å². The minimum atomic E-state index is -0.136. The second-order valence-corrected chi connectivity index (χ2v) is 4.82. The van der Waals surface area contributed by atoms with Gasteiger partial charge in [-0.2, -0.15) is 0 Å². The Labute approximate surface area is 114 Å². The minimum absolute atomic E-state index is 0.136. The fraction of sp³-hybridized carbons (Fsp3) is 0.571. The van der Waals surface area contributed by atoms with Crippen molar-refractivity contribution in [1.82, 2.24) is 15.6 Å². The van der Waals surface area contributed by atoms with Crippen LogP contribution in [0.1, 0.15) is 30.3 Å². The second kappa shape index (κ2) is 6.52. The number of carbonyl (C=O) groups excluding carboxylic acids is 1. The van der Waals surface area contributed by atoms with Gasteiger partial charge in [0, 0.05) is 38.1 Å². The lowest BCUT2D eigenvalue weighted by Crippen LogP contribution is -2.37. The van der Waals surface area contributed by atoms with Gasteiger partial charge in [-0.15, -0.1) is 0 Å². The summed E-state index contributed by atoms with van der Waals surface area (Å²) in [5.41, 5.74) is 1.57. The topological polar surface area (TPSA) is 57.3 Å². The molecule has 5 heteroatoms. The van der Waals surface area contributed by atoms with Crippen LogP contribution in [-0.4, -0.2) is 43.6 Å². The number of amides is 1. The summed E-state index contributed by atoms with van der Waals surface area (Å²) < 4.78 is 0. The molecule has 0 aliphatic carbocycles. The molecule has 2 N–H and O–H groups in total. The number of hydrogen-bond acceptors (Lipinski definition) is 4. The molecule has 1 aromatic rings. The van der Waals surface area contributed by atoms with Gasteiger partial charge in [-0.05, 0) is 31.5 Å². The smallest absolute Gasteiger partial charge is 0.269 e. The third-order valence-corrected chi connectivity index (χ3v) is 3.47. The molecule has 0 radical (unpaired) electrons. The largest absolute Gasteiger partial charge is 0.367 e. The molecular weight excluding hydrogens is 240 g/mol. The van der Waals surface area contributed by atoms with Crippen molar-refractivity contribution in [2.45, 2.75) is 25.8 Å². The SMILES string of the molecule is CCCN(c1ccnc(C(=O)NC)c1)C1CCNC1. The van der Waals surface area contributed by atoms with Crippen molar-refractivity contribution in [1.29, 1.82) is 0 Å². The summed E-state index contributed by atoms with van der Waals surface area (Å²) in [4.78, 5) is 18.2. The van der Waals surface area contributed by atoms with Crippen LogP contribution in [0.4, 0.5) is 5.69 Å². The van der Waals surface area contributed by atoms with Gasteiger partial charge in [-0.3, -0.25) is 9.78 Å². The molecule has 0 saturated carbocycles. The summed E-state index contributed by atoms with van der Waals surface area (Å²) in [6.45, 7) is 5.26. The number of nitrogens with one attached hydrogen (secondary N) is 2. The van der Waals surface area contributed by atoms with Gasteiger partial charge in [0.25, 0.3) is 5.91 Å². The van der Waals surface area contributed by atoms with E-state index in [0.29, 0.717) is 11.7 Å². The first-order chi connectivity index (χ1) is 9.26. The average molecular weight is 262 g/mol. The summed E-state index contributed by atoms with van der Waals surface area (Å²) in [7, 11) is 1.63. The van der Waals surface area contributed by atoms with Crippen molar-refractivity contribution >= 4 is 11.6 Å². The van der Waals surface area contributed by atoms with E-state index in [0.717, 1.165) is 38.2 Å². The molecule has 5 nitrogen and oxygen atoms in total. The van der Waals surface area contributed by atoms with Gasteiger partial charge in [-0.1, -0.05) is 6.92 Å². The Balaban J connectivity index is 2.22. The van der Waals surface area contributed by atoms with Crippen LogP contribution < -0.4 is 15.5 Å². The molecule has 2 rings (SSSR count). The summed E-state index contributed by atoms with van der Waals surface area (Å²) in [5.74, 6) is -0.136. The highest BCUT2D eigenvalue weighted by Crippen LogP contribution is 2.21. The van der Waals surface area contributed by atoms with Crippen LogP contribution in [-0.2, 0) is 0 Å². The lowest BCUT2D eigenvalue weighted by molar-refractivity contribution is 0.0958. The van der Waals surface area contributed by atoms with E-state index < -0.39 is 0 Å². The Morgan fingerprint density at radius 3 is 3.11 bits per heavy atom. The van der Waals surface area contributed by atoms with E-state index in [-0.39, 0.29) is 5.91 Å². The molecule has 19 heavy (non-hydrogen) atoms. The zero-order valence-corrected chi connectivity index (χ0v) is 11.6. The van der Waals surface area contributed by atoms with Gasteiger partial charge < -0.3 is 15.5 Å². The van der Waals surface area contributed by atoms with Gasteiger partial charge in [0.05, 0.1) is 0 Å². The van der Waals surface area contributed by atoms with E-state index in [2.05, 4.69) is 27.4 Å². The lowest BCUT2D eigenvalue weighted by atomic mass is 10.1. The van der Waals surface area contributed by atoms with Crippen molar-refractivity contribution in [3.63, 3.8) is 0 Å². The van der Waals surface area contributed by atoms with Crippen molar-refractivity contribution in [3.8, 4) is 0 Å². The average Bonchev–Trinajstić information content (AvgIpc) is 2.98. The zero-order chi connectivity index (χ0) is 13.7. The standard InChI is InChI=1S/C14H22N4O/c1-3-8-18(12-4-6-16-10-12)11-5-7-17-13(9-11)14(19)15-2/h5,7,9,12,16H,3-4,6,8,10H2,1-2H3,(H,15,19). The fourth-order valence-electron chi connectivity index (χ4n) is 2.52. The number of hydrogen-bond donors (Lipinski definition) is 2. The summed E-state index contributed by atoms with van der Waals surface area (Å²) >= 11 is 0. The first-order valence-corrected chi connectivity index (χ1v) is 6.91. The normalized spacial score (nSPS) is 18.3. The Bertz CT molecular complexity index is 429. The molecule has 1 unspecified atom stereocenters. The zero-order valence-electron chi connectivity index (χ0n) is 11.6. The van der Waals surface area contributed by atoms with Crippen LogP contribution in [0.2, 0.25) is 0 Å². The minimum Gasteiger partial charge on any atom is -0.367 e. The fourth-order valence-corrected chi connectivity index (χ4v) is 2.52. The molecule has 0 spiro atoms. The van der Waals surface area contributed by atoms with Crippen molar-refractivity contribution < 1.29 is 4.79 Å². The maximum atomic E-state index is 11.7. The molecule has 1 amide bonds. The molecule has 1 aliphatic rings. The highest BCUT2D eigenvalue weighted by molar-refractivity contribution is 5.92. The molecule has 1 aliphatic heterocycles. The molecule has 0 bridgehead atoms. The highest BCUT2D eigenvalue weighted by Gasteiger charge is 2.22. The Morgan fingerprint density at radius 1 is 1.63 bits per heavy atom. The van der Waals surface area contributed by atoms with Gasteiger partial charge in [0.2, 0.25) is 0 Å². The van der Waals surface area contributed by atoms with Gasteiger partial charge in [-0.25, -0.2) is 0 Å². The lowest BCUT2D eigenvalue weighted by Gasteiger charge is -2.30. The molecule has 2 heterocycles. The van der Waals surface area contributed by atoms with E-state index in [9.17, 15) is 4.79 Å². The maximum absolute atomic E-state index is 11.7. The summed E-state index contributed by atoms with van der Waals surface area (Å²) in [6, 6.07) is 4.38. The van der Waals surface area contributed by atoms with Crippen LogP contribution in [0.3, 0.4) is 0 Å². The Kier molecular flexibility index (Phi) is 4.74. The van der Waals surface area contributed by atoms with Crippen LogP contribution in [0.25, 0.3) is 0 Å². The Morgan fingerprint density at radius 2 is 2.47 bits per heavy atom. The second-order valence-electron chi connectivity index (χ2n) is 4.82. The highest BCUT2D eigenvalue weighted by atomic mass is 16.1. The van der Waals surface area contributed by atoms with E-state index in [4.69, 9.17) is 0 Å².